The van der Waals surface area contributed by atoms with Crippen molar-refractivity contribution in [3.63, 3.8) is 0 Å². The summed E-state index contributed by atoms with van der Waals surface area (Å²) in [5.74, 6) is -1.54. The monoisotopic (exact) mass is 906 g/mol. The number of hydrogen-bond donors (Lipinski definition) is 3. The number of piperidine rings is 1. The zero-order valence-electron chi connectivity index (χ0n) is 39.5. The minimum absolute atomic E-state index is 0.0276. The molecule has 66 heavy (non-hydrogen) atoms. The van der Waals surface area contributed by atoms with Crippen LogP contribution in [0.1, 0.15) is 88.1 Å². The van der Waals surface area contributed by atoms with E-state index in [1.807, 2.05) is 42.0 Å². The van der Waals surface area contributed by atoms with E-state index < -0.39 is 57.4 Å². The SMILES string of the molecule is CC[C@]1(NC(=O)N2CCCC2)C[C@H]2CN(CCc3c([nH]c4ccccc34)[C@@](C(=O)OC)(c3cc4c(cc3OC)N(C)[C@H]3[C@@](O)(C(=O)OC)[C@H](OC(C)=O)[C@]5(CC)C=CCN6CC[C@]43[C@@H]65)C2)C1. The van der Waals surface area contributed by atoms with Gasteiger partial charge in [0, 0.05) is 104 Å². The van der Waals surface area contributed by atoms with Crippen LogP contribution in [0, 0.1) is 11.3 Å². The second kappa shape index (κ2) is 16.0. The fourth-order valence-corrected chi connectivity index (χ4v) is 14.9. The third-order valence-electron chi connectivity index (χ3n) is 17.4. The van der Waals surface area contributed by atoms with Crippen LogP contribution in [0.3, 0.4) is 0 Å². The Bertz CT molecular complexity index is 2500. The van der Waals surface area contributed by atoms with Gasteiger partial charge in [-0.2, -0.15) is 0 Å². The Morgan fingerprint density at radius 2 is 1.68 bits per heavy atom. The largest absolute Gasteiger partial charge is 0.496 e. The van der Waals surface area contributed by atoms with E-state index in [1.54, 1.807) is 7.11 Å². The molecule has 1 aromatic heterocycles. The first-order valence-electron chi connectivity index (χ1n) is 24.0. The third-order valence-corrected chi connectivity index (χ3v) is 17.4. The van der Waals surface area contributed by atoms with Gasteiger partial charge >= 0.3 is 23.9 Å². The Labute approximate surface area is 387 Å². The predicted octanol–water partition coefficient (Wildman–Crippen LogP) is 4.80. The molecule has 354 valence electrons. The maximum absolute atomic E-state index is 15.7. The third kappa shape index (κ3) is 6.03. The lowest BCUT2D eigenvalue weighted by molar-refractivity contribution is -0.228. The molecule has 0 radical (unpaired) electrons. The summed E-state index contributed by atoms with van der Waals surface area (Å²) in [7, 11) is 6.20. The van der Waals surface area contributed by atoms with E-state index in [-0.39, 0.29) is 18.0 Å². The van der Waals surface area contributed by atoms with Gasteiger partial charge in [-0.3, -0.25) is 14.5 Å². The number of carbonyl (C=O) groups excluding carboxylic acids is 4. The number of nitrogens with zero attached hydrogens (tertiary/aromatic N) is 4. The number of aromatic nitrogens is 1. The van der Waals surface area contributed by atoms with E-state index in [2.05, 4.69) is 57.4 Å². The molecule has 10 rings (SSSR count). The van der Waals surface area contributed by atoms with E-state index in [4.69, 9.17) is 18.9 Å². The maximum Gasteiger partial charge on any atom is 0.344 e. The number of aliphatic hydroxyl groups is 1. The van der Waals surface area contributed by atoms with Gasteiger partial charge in [0.2, 0.25) is 5.60 Å². The quantitative estimate of drug-likeness (QED) is 0.161. The average molecular weight is 907 g/mol. The van der Waals surface area contributed by atoms with Crippen molar-refractivity contribution in [1.82, 2.24) is 25.0 Å². The number of carbonyl (C=O) groups is 4. The standard InChI is InChI=1S/C51H66N6O9/c1-8-47(53-46(61)57-20-12-13-21-57)27-32-28-50(44(59)64-6,40-34(17-23-55(29-32)30-47)33-15-10-11-16-37(33)52-40)36-25-35-38(26-39(36)63-5)54(4)42-49(35)19-24-56-22-14-18-48(9-2,41(49)56)43(66-31(3)58)51(42,62)45(60)65-7/h10-11,14-16,18,25-26,32,41-43,52,62H,8-9,12-13,17,19-24,27-30H2,1-7H3,(H,53,61)/t32-,41+,42-,43-,47+,48-,49-,50+,51+/m1/s1. The van der Waals surface area contributed by atoms with E-state index in [1.165, 1.54) is 21.1 Å². The highest BCUT2D eigenvalue weighted by molar-refractivity contribution is 5.95. The van der Waals surface area contributed by atoms with E-state index in [0.717, 1.165) is 78.9 Å². The molecule has 3 N–H and O–H groups in total. The maximum atomic E-state index is 15.7. The Kier molecular flexibility index (Phi) is 10.8. The fourth-order valence-electron chi connectivity index (χ4n) is 14.9. The number of ether oxygens (including phenoxy) is 4. The second-order valence-electron chi connectivity index (χ2n) is 20.4. The Hall–Kier alpha value is -5.12. The van der Waals surface area contributed by atoms with Crippen LogP contribution >= 0.6 is 0 Å². The highest BCUT2D eigenvalue weighted by Crippen LogP contribution is 2.68. The summed E-state index contributed by atoms with van der Waals surface area (Å²) < 4.78 is 24.2. The first-order valence-corrected chi connectivity index (χ1v) is 24.0. The molecule has 7 heterocycles. The Morgan fingerprint density at radius 1 is 0.924 bits per heavy atom. The van der Waals surface area contributed by atoms with Crippen LogP contribution in [0.15, 0.2) is 48.6 Å². The van der Waals surface area contributed by atoms with Crippen molar-refractivity contribution in [2.75, 3.05) is 79.1 Å². The van der Waals surface area contributed by atoms with Gasteiger partial charge in [-0.25, -0.2) is 9.59 Å². The van der Waals surface area contributed by atoms with Crippen molar-refractivity contribution >= 4 is 40.5 Å². The van der Waals surface area contributed by atoms with Gasteiger partial charge in [-0.1, -0.05) is 44.2 Å². The van der Waals surface area contributed by atoms with Gasteiger partial charge in [-0.05, 0) is 87.1 Å². The van der Waals surface area contributed by atoms with Crippen LogP contribution < -0.4 is 15.0 Å². The van der Waals surface area contributed by atoms with Gasteiger partial charge in [0.15, 0.2) is 6.10 Å². The normalized spacial score (nSPS) is 35.4. The Morgan fingerprint density at radius 3 is 2.38 bits per heavy atom. The molecule has 15 heteroatoms. The molecule has 3 aromatic rings. The number of benzene rings is 2. The summed E-state index contributed by atoms with van der Waals surface area (Å²) >= 11 is 0. The van der Waals surface area contributed by atoms with Crippen LogP contribution in [0.4, 0.5) is 10.5 Å². The predicted molar refractivity (Wildman–Crippen MR) is 248 cm³/mol. The van der Waals surface area contributed by atoms with Crippen molar-refractivity contribution < 1.29 is 43.2 Å². The van der Waals surface area contributed by atoms with Gasteiger partial charge in [0.05, 0.1) is 32.9 Å². The number of amides is 2. The topological polar surface area (TPSA) is 166 Å². The summed E-state index contributed by atoms with van der Waals surface area (Å²) in [6.45, 7) is 10.4. The number of likely N-dealkylation sites (tertiary alicyclic amines) is 1. The summed E-state index contributed by atoms with van der Waals surface area (Å²) in [6.07, 6.45) is 8.22. The summed E-state index contributed by atoms with van der Waals surface area (Å²) in [4.78, 5) is 69.8. The molecule has 10 atom stereocenters. The number of nitrogens with one attached hydrogen (secondary N) is 2. The Balaban J connectivity index is 1.22. The number of anilines is 1. The molecule has 1 spiro atoms. The molecular weight excluding hydrogens is 841 g/mol. The molecule has 1 aliphatic carbocycles. The number of likely N-dealkylation sites (N-methyl/N-ethyl adjacent to an activating group) is 1. The number of hydrogen-bond acceptors (Lipinski definition) is 12. The van der Waals surface area contributed by atoms with Crippen LogP contribution in [0.2, 0.25) is 0 Å². The molecule has 2 aromatic carbocycles. The molecular formula is C51H66N6O9. The molecule has 2 bridgehead atoms. The summed E-state index contributed by atoms with van der Waals surface area (Å²) in [5.41, 5.74) is -1.29. The number of H-pyrrole nitrogens is 1. The van der Waals surface area contributed by atoms with Crippen LogP contribution in [-0.2, 0) is 45.8 Å². The minimum atomic E-state index is -2.32. The zero-order chi connectivity index (χ0) is 46.6. The zero-order valence-corrected chi connectivity index (χ0v) is 39.5. The fraction of sp³-hybridized carbons (Fsp3) is 0.608. The molecule has 1 unspecified atom stereocenters. The lowest BCUT2D eigenvalue weighted by Gasteiger charge is -2.63. The van der Waals surface area contributed by atoms with Crippen LogP contribution in [-0.4, -0.2) is 152 Å². The number of urea groups is 1. The molecule has 1 saturated carbocycles. The van der Waals surface area contributed by atoms with Gasteiger partial charge in [-0.15, -0.1) is 0 Å². The molecule has 3 saturated heterocycles. The van der Waals surface area contributed by atoms with E-state index in [9.17, 15) is 19.5 Å². The molecule has 2 amide bonds. The molecule has 4 fully saturated rings. The summed E-state index contributed by atoms with van der Waals surface area (Å²) in [5, 5.41) is 18.0. The highest BCUT2D eigenvalue weighted by atomic mass is 16.6. The van der Waals surface area contributed by atoms with E-state index in [0.29, 0.717) is 63.1 Å². The number of para-hydroxylation sites is 1. The number of rotatable bonds is 8. The van der Waals surface area contributed by atoms with Gasteiger partial charge in [0.1, 0.15) is 11.2 Å². The summed E-state index contributed by atoms with van der Waals surface area (Å²) in [6, 6.07) is 11.0. The van der Waals surface area contributed by atoms with Crippen molar-refractivity contribution in [2.24, 2.45) is 11.3 Å². The molecule has 15 nitrogen and oxygen atoms in total. The van der Waals surface area contributed by atoms with Gasteiger partial charge in [0.25, 0.3) is 0 Å². The highest BCUT2D eigenvalue weighted by Gasteiger charge is 2.80. The van der Waals surface area contributed by atoms with Crippen LogP contribution in [0.5, 0.6) is 5.75 Å². The average Bonchev–Trinajstić information content (AvgIpc) is 4.13. The molecule has 7 aliphatic rings. The minimum Gasteiger partial charge on any atom is -0.496 e. The van der Waals surface area contributed by atoms with E-state index >= 15 is 4.79 Å². The number of fused-ring (bicyclic) bond motifs is 6. The molecule has 6 aliphatic heterocycles. The number of aromatic amines is 1. The first kappa shape index (κ1) is 44.7. The number of methoxy groups -OCH3 is 3. The first-order chi connectivity index (χ1) is 31.7. The number of esters is 3. The van der Waals surface area contributed by atoms with Gasteiger partial charge < -0.3 is 49.1 Å². The second-order valence-corrected chi connectivity index (χ2v) is 20.4. The lowest BCUT2D eigenvalue weighted by Crippen LogP contribution is -2.81. The van der Waals surface area contributed by atoms with Crippen molar-refractivity contribution in [2.45, 2.75) is 112 Å². The van der Waals surface area contributed by atoms with Crippen LogP contribution in [0.25, 0.3) is 10.9 Å². The van der Waals surface area contributed by atoms with Crippen molar-refractivity contribution in [1.29, 1.82) is 0 Å². The lowest BCUT2D eigenvalue weighted by atomic mass is 9.47. The van der Waals surface area contributed by atoms with Crippen molar-refractivity contribution in [3.05, 3.63) is 70.9 Å². The smallest absolute Gasteiger partial charge is 0.344 e. The van der Waals surface area contributed by atoms with Crippen molar-refractivity contribution in [3.8, 4) is 5.75 Å².